The van der Waals surface area contributed by atoms with Crippen LogP contribution < -0.4 is 0 Å². The first kappa shape index (κ1) is 17.0. The van der Waals surface area contributed by atoms with Crippen LogP contribution in [0, 0.1) is 0 Å². The van der Waals surface area contributed by atoms with Gasteiger partial charge in [0.1, 0.15) is 6.61 Å². The summed E-state index contributed by atoms with van der Waals surface area (Å²) in [6.45, 7) is 2.98. The van der Waals surface area contributed by atoms with E-state index in [1.54, 1.807) is 6.92 Å². The average Bonchev–Trinajstić information content (AvgIpc) is 2.88. The number of halogens is 1. The molecular formula is C18H17ClO4. The van der Waals surface area contributed by atoms with Crippen LogP contribution in [0.25, 0.3) is 11.1 Å². The topological polar surface area (TPSA) is 52.6 Å². The largest absolute Gasteiger partial charge is 0.467 e. The normalized spacial score (nSPS) is 11.6. The Balaban J connectivity index is 0.000000277. The molecule has 0 atom stereocenters. The maximum Gasteiger partial charge on any atom is 0.403 e. The van der Waals surface area contributed by atoms with E-state index in [9.17, 15) is 9.59 Å². The summed E-state index contributed by atoms with van der Waals surface area (Å²) in [7, 11) is 0. The van der Waals surface area contributed by atoms with Crippen LogP contribution in [0.2, 0.25) is 0 Å². The van der Waals surface area contributed by atoms with Crippen LogP contribution in [-0.4, -0.2) is 25.1 Å². The average molecular weight is 333 g/mol. The predicted octanol–water partition coefficient (Wildman–Crippen LogP) is 4.35. The number of rotatable bonds is 4. The van der Waals surface area contributed by atoms with Gasteiger partial charge in [-0.15, -0.1) is 0 Å². The van der Waals surface area contributed by atoms with Crippen LogP contribution in [0.5, 0.6) is 0 Å². The summed E-state index contributed by atoms with van der Waals surface area (Å²) in [5.74, 6) is 0.174. The number of ether oxygens (including phenoxy) is 2. The summed E-state index contributed by atoms with van der Waals surface area (Å²) >= 11 is 4.72. The molecule has 0 N–H and O–H groups in total. The Labute approximate surface area is 140 Å². The molecule has 0 unspecified atom stereocenters. The molecule has 2 aromatic carbocycles. The Hall–Kier alpha value is -2.33. The van der Waals surface area contributed by atoms with Crippen LogP contribution in [-0.2, 0) is 14.3 Å². The first-order chi connectivity index (χ1) is 11.2. The molecule has 0 heterocycles. The number of fused-ring (bicyclic) bond motifs is 3. The van der Waals surface area contributed by atoms with Crippen LogP contribution in [0.15, 0.2) is 48.5 Å². The Morgan fingerprint density at radius 2 is 1.61 bits per heavy atom. The standard InChI is InChI=1S/C15H12O2.C3H5ClO2/c16-10-17-9-15-13-7-3-1-5-11(13)12-6-2-4-8-14(12)15;1-2-6-3(4)5/h1-8,10,15H,9H2;2H2,1H3. The van der Waals surface area contributed by atoms with Crippen molar-refractivity contribution < 1.29 is 19.1 Å². The summed E-state index contributed by atoms with van der Waals surface area (Å²) in [6, 6.07) is 16.6. The maximum absolute atomic E-state index is 10.4. The molecule has 23 heavy (non-hydrogen) atoms. The zero-order chi connectivity index (χ0) is 16.7. The molecular weight excluding hydrogens is 316 g/mol. The predicted molar refractivity (Wildman–Crippen MR) is 88.6 cm³/mol. The van der Waals surface area contributed by atoms with Crippen molar-refractivity contribution in [3.8, 4) is 11.1 Å². The second kappa shape index (κ2) is 8.34. The minimum absolute atomic E-state index is 0.174. The molecule has 2 aromatic rings. The van der Waals surface area contributed by atoms with Crippen molar-refractivity contribution in [3.63, 3.8) is 0 Å². The van der Waals surface area contributed by atoms with Gasteiger partial charge in [0.15, 0.2) is 0 Å². The molecule has 120 valence electrons. The lowest BCUT2D eigenvalue weighted by Crippen LogP contribution is -2.05. The molecule has 1 aliphatic carbocycles. The lowest BCUT2D eigenvalue weighted by Gasteiger charge is -2.11. The third kappa shape index (κ3) is 4.11. The molecule has 0 aliphatic heterocycles. The SMILES string of the molecule is CCOC(=O)Cl.O=COCC1c2ccccc2-c2ccccc21. The van der Waals surface area contributed by atoms with E-state index >= 15 is 0 Å². The second-order valence-corrected chi connectivity index (χ2v) is 5.14. The molecule has 0 aromatic heterocycles. The Morgan fingerprint density at radius 1 is 1.09 bits per heavy atom. The highest BCUT2D eigenvalue weighted by Gasteiger charge is 2.28. The quantitative estimate of drug-likeness (QED) is 0.617. The second-order valence-electron chi connectivity index (χ2n) is 4.83. The molecule has 0 fully saturated rings. The van der Waals surface area contributed by atoms with Gasteiger partial charge in [-0.2, -0.15) is 0 Å². The number of hydrogen-bond donors (Lipinski definition) is 0. The Bertz CT molecular complexity index is 639. The molecule has 0 bridgehead atoms. The van der Waals surface area contributed by atoms with E-state index in [2.05, 4.69) is 29.0 Å². The third-order valence-corrected chi connectivity index (χ3v) is 3.66. The van der Waals surface area contributed by atoms with Gasteiger partial charge in [-0.3, -0.25) is 4.79 Å². The maximum atomic E-state index is 10.4. The lowest BCUT2D eigenvalue weighted by atomic mass is 9.98. The van der Waals surface area contributed by atoms with Gasteiger partial charge >= 0.3 is 5.43 Å². The van der Waals surface area contributed by atoms with Crippen molar-refractivity contribution in [2.75, 3.05) is 13.2 Å². The number of benzene rings is 2. The van der Waals surface area contributed by atoms with Gasteiger partial charge in [0.05, 0.1) is 6.61 Å². The van der Waals surface area contributed by atoms with Crippen molar-refractivity contribution in [1.29, 1.82) is 0 Å². The molecule has 3 rings (SSSR count). The van der Waals surface area contributed by atoms with Crippen LogP contribution >= 0.6 is 11.6 Å². The number of hydrogen-bond acceptors (Lipinski definition) is 4. The van der Waals surface area contributed by atoms with Gasteiger partial charge in [-0.1, -0.05) is 48.5 Å². The molecule has 1 aliphatic rings. The van der Waals surface area contributed by atoms with Crippen molar-refractivity contribution in [1.82, 2.24) is 0 Å². The fraction of sp³-hybridized carbons (Fsp3) is 0.222. The van der Waals surface area contributed by atoms with Gasteiger partial charge in [0.25, 0.3) is 6.47 Å². The van der Waals surface area contributed by atoms with Crippen molar-refractivity contribution in [2.45, 2.75) is 12.8 Å². The van der Waals surface area contributed by atoms with E-state index < -0.39 is 5.43 Å². The van der Waals surface area contributed by atoms with Crippen LogP contribution in [0.3, 0.4) is 0 Å². The molecule has 0 saturated heterocycles. The summed E-state index contributed by atoms with van der Waals surface area (Å²) in [4.78, 5) is 20.0. The van der Waals surface area contributed by atoms with E-state index in [1.807, 2.05) is 24.3 Å². The van der Waals surface area contributed by atoms with Gasteiger partial charge in [-0.05, 0) is 29.2 Å². The summed E-state index contributed by atoms with van der Waals surface area (Å²) < 4.78 is 9.12. The minimum Gasteiger partial charge on any atom is -0.467 e. The smallest absolute Gasteiger partial charge is 0.403 e. The fourth-order valence-corrected chi connectivity index (χ4v) is 2.80. The molecule has 0 radical (unpaired) electrons. The van der Waals surface area contributed by atoms with Gasteiger partial charge in [0, 0.05) is 17.5 Å². The molecule has 0 amide bonds. The first-order valence-corrected chi connectivity index (χ1v) is 7.62. The highest BCUT2D eigenvalue weighted by molar-refractivity contribution is 6.61. The van der Waals surface area contributed by atoms with E-state index in [-0.39, 0.29) is 5.92 Å². The molecule has 0 spiro atoms. The van der Waals surface area contributed by atoms with E-state index in [0.29, 0.717) is 19.7 Å². The van der Waals surface area contributed by atoms with Crippen molar-refractivity contribution in [2.24, 2.45) is 0 Å². The number of carbonyl (C=O) groups excluding carboxylic acids is 2. The van der Waals surface area contributed by atoms with E-state index in [1.165, 1.54) is 22.3 Å². The highest BCUT2D eigenvalue weighted by Crippen LogP contribution is 2.44. The van der Waals surface area contributed by atoms with Crippen LogP contribution in [0.4, 0.5) is 4.79 Å². The van der Waals surface area contributed by atoms with Gasteiger partial charge in [0.2, 0.25) is 0 Å². The summed E-state index contributed by atoms with van der Waals surface area (Å²) in [6.07, 6.45) is 0. The summed E-state index contributed by atoms with van der Waals surface area (Å²) in [5, 5.41) is 0. The first-order valence-electron chi connectivity index (χ1n) is 7.24. The molecule has 5 heteroatoms. The lowest BCUT2D eigenvalue weighted by molar-refractivity contribution is -0.128. The highest BCUT2D eigenvalue weighted by atomic mass is 35.5. The zero-order valence-electron chi connectivity index (χ0n) is 12.7. The summed E-state index contributed by atoms with van der Waals surface area (Å²) in [5.41, 5.74) is 4.26. The van der Waals surface area contributed by atoms with Crippen LogP contribution in [0.1, 0.15) is 24.0 Å². The fourth-order valence-electron chi connectivity index (χ4n) is 2.69. The van der Waals surface area contributed by atoms with Gasteiger partial charge < -0.3 is 9.47 Å². The number of carbonyl (C=O) groups is 2. The van der Waals surface area contributed by atoms with Crippen molar-refractivity contribution in [3.05, 3.63) is 59.7 Å². The van der Waals surface area contributed by atoms with E-state index in [0.717, 1.165) is 0 Å². The van der Waals surface area contributed by atoms with E-state index in [4.69, 9.17) is 16.3 Å². The molecule has 4 nitrogen and oxygen atoms in total. The third-order valence-electron chi connectivity index (χ3n) is 3.55. The monoisotopic (exact) mass is 332 g/mol. The Morgan fingerprint density at radius 3 is 2.00 bits per heavy atom. The van der Waals surface area contributed by atoms with Gasteiger partial charge in [-0.25, -0.2) is 4.79 Å². The van der Waals surface area contributed by atoms with Crippen molar-refractivity contribution >= 4 is 23.5 Å². The molecule has 0 saturated carbocycles. The Kier molecular flexibility index (Phi) is 6.18. The minimum atomic E-state index is -0.738. The zero-order valence-corrected chi connectivity index (χ0v) is 13.5.